The van der Waals surface area contributed by atoms with Gasteiger partial charge in [0.15, 0.2) is 0 Å². The maximum Gasteiger partial charge on any atom is 0.123 e. The Kier molecular flexibility index (Phi) is 3.26. The van der Waals surface area contributed by atoms with Gasteiger partial charge in [0.05, 0.1) is 12.4 Å². The molecule has 0 aromatic carbocycles. The SMILES string of the molecule is ClCc1nccn1Cc1sccc1Br. The van der Waals surface area contributed by atoms with Gasteiger partial charge in [-0.2, -0.15) is 0 Å². The van der Waals surface area contributed by atoms with Crippen molar-refractivity contribution in [2.45, 2.75) is 12.4 Å². The zero-order valence-electron chi connectivity index (χ0n) is 7.28. The molecule has 0 saturated heterocycles. The molecule has 5 heteroatoms. The molecule has 0 amide bonds. The van der Waals surface area contributed by atoms with Gasteiger partial charge in [-0.15, -0.1) is 22.9 Å². The summed E-state index contributed by atoms with van der Waals surface area (Å²) < 4.78 is 3.21. The van der Waals surface area contributed by atoms with Gasteiger partial charge in [-0.1, -0.05) is 0 Å². The summed E-state index contributed by atoms with van der Waals surface area (Å²) in [5.41, 5.74) is 0. The van der Waals surface area contributed by atoms with E-state index in [1.165, 1.54) is 4.88 Å². The fraction of sp³-hybridized carbons (Fsp3) is 0.222. The van der Waals surface area contributed by atoms with Crippen molar-refractivity contribution in [2.75, 3.05) is 0 Å². The first-order chi connectivity index (χ1) is 6.81. The minimum Gasteiger partial charge on any atom is -0.329 e. The Labute approximate surface area is 99.7 Å². The summed E-state index contributed by atoms with van der Waals surface area (Å²) in [6, 6.07) is 2.05. The number of rotatable bonds is 3. The quantitative estimate of drug-likeness (QED) is 0.792. The number of thiophene rings is 1. The van der Waals surface area contributed by atoms with Gasteiger partial charge in [-0.05, 0) is 27.4 Å². The Balaban J connectivity index is 2.22. The number of alkyl halides is 1. The molecule has 0 spiro atoms. The summed E-state index contributed by atoms with van der Waals surface area (Å²) >= 11 is 11.0. The number of imidazole rings is 1. The third-order valence-corrected chi connectivity index (χ3v) is 4.08. The van der Waals surface area contributed by atoms with E-state index in [-0.39, 0.29) is 0 Å². The van der Waals surface area contributed by atoms with Crippen LogP contribution in [0.15, 0.2) is 28.3 Å². The van der Waals surface area contributed by atoms with Gasteiger partial charge in [0.25, 0.3) is 0 Å². The lowest BCUT2D eigenvalue weighted by atomic mass is 10.4. The van der Waals surface area contributed by atoms with Crippen molar-refractivity contribution in [3.63, 3.8) is 0 Å². The summed E-state index contributed by atoms with van der Waals surface area (Å²) in [6.45, 7) is 0.834. The van der Waals surface area contributed by atoms with Crippen LogP contribution in [0.3, 0.4) is 0 Å². The number of halogens is 2. The summed E-state index contributed by atoms with van der Waals surface area (Å²) in [6.07, 6.45) is 3.73. The Bertz CT molecular complexity index is 424. The molecule has 14 heavy (non-hydrogen) atoms. The fourth-order valence-electron chi connectivity index (χ4n) is 1.21. The molecular formula is C9H8BrClN2S. The molecule has 0 aliphatic heterocycles. The Hall–Kier alpha value is -0.320. The van der Waals surface area contributed by atoms with Crippen molar-refractivity contribution in [1.29, 1.82) is 0 Å². The molecule has 0 saturated carbocycles. The average Bonchev–Trinajstić information content (AvgIpc) is 2.77. The maximum absolute atomic E-state index is 5.76. The lowest BCUT2D eigenvalue weighted by Crippen LogP contribution is -2.01. The van der Waals surface area contributed by atoms with Gasteiger partial charge < -0.3 is 4.57 Å². The molecule has 2 aromatic rings. The van der Waals surface area contributed by atoms with E-state index < -0.39 is 0 Å². The first-order valence-corrected chi connectivity index (χ1v) is 6.30. The van der Waals surface area contributed by atoms with Crippen LogP contribution in [0.1, 0.15) is 10.7 Å². The van der Waals surface area contributed by atoms with Crippen molar-refractivity contribution < 1.29 is 0 Å². The van der Waals surface area contributed by atoms with Gasteiger partial charge in [0, 0.05) is 21.7 Å². The highest BCUT2D eigenvalue weighted by Crippen LogP contribution is 2.23. The lowest BCUT2D eigenvalue weighted by molar-refractivity contribution is 0.763. The van der Waals surface area contributed by atoms with E-state index in [9.17, 15) is 0 Å². The highest BCUT2D eigenvalue weighted by Gasteiger charge is 2.05. The largest absolute Gasteiger partial charge is 0.329 e. The smallest absolute Gasteiger partial charge is 0.123 e. The molecule has 2 rings (SSSR count). The second-order valence-electron chi connectivity index (χ2n) is 2.80. The van der Waals surface area contributed by atoms with Crippen LogP contribution < -0.4 is 0 Å². The molecule has 0 atom stereocenters. The Morgan fingerprint density at radius 1 is 1.57 bits per heavy atom. The molecular weight excluding hydrogens is 284 g/mol. The minimum absolute atomic E-state index is 0.454. The average molecular weight is 292 g/mol. The first-order valence-electron chi connectivity index (χ1n) is 4.09. The normalized spacial score (nSPS) is 10.7. The van der Waals surface area contributed by atoms with E-state index in [0.717, 1.165) is 16.8 Å². The van der Waals surface area contributed by atoms with Crippen LogP contribution in [0.5, 0.6) is 0 Å². The van der Waals surface area contributed by atoms with E-state index in [2.05, 4.69) is 36.9 Å². The zero-order chi connectivity index (χ0) is 9.97. The van der Waals surface area contributed by atoms with Crippen LogP contribution in [0.25, 0.3) is 0 Å². The number of aromatic nitrogens is 2. The van der Waals surface area contributed by atoms with Crippen molar-refractivity contribution >= 4 is 38.9 Å². The lowest BCUT2D eigenvalue weighted by Gasteiger charge is -2.04. The zero-order valence-corrected chi connectivity index (χ0v) is 10.4. The first kappa shape index (κ1) is 10.2. The molecule has 0 aliphatic rings. The molecule has 2 heterocycles. The summed E-state index contributed by atoms with van der Waals surface area (Å²) in [4.78, 5) is 5.45. The van der Waals surface area contributed by atoms with Crippen molar-refractivity contribution in [1.82, 2.24) is 9.55 Å². The van der Waals surface area contributed by atoms with Gasteiger partial charge in [0.2, 0.25) is 0 Å². The summed E-state index contributed by atoms with van der Waals surface area (Å²) in [5, 5.41) is 2.07. The van der Waals surface area contributed by atoms with E-state index in [0.29, 0.717) is 5.88 Å². The van der Waals surface area contributed by atoms with Crippen LogP contribution in [0.4, 0.5) is 0 Å². The highest BCUT2D eigenvalue weighted by molar-refractivity contribution is 9.10. The monoisotopic (exact) mass is 290 g/mol. The molecule has 0 N–H and O–H groups in total. The van der Waals surface area contributed by atoms with Gasteiger partial charge >= 0.3 is 0 Å². The van der Waals surface area contributed by atoms with E-state index in [1.807, 2.05) is 6.20 Å². The number of nitrogens with zero attached hydrogens (tertiary/aromatic N) is 2. The van der Waals surface area contributed by atoms with E-state index in [1.54, 1.807) is 17.5 Å². The third kappa shape index (κ3) is 2.02. The highest BCUT2D eigenvalue weighted by atomic mass is 79.9. The van der Waals surface area contributed by atoms with Crippen LogP contribution in [-0.4, -0.2) is 9.55 Å². The molecule has 0 aliphatic carbocycles. The van der Waals surface area contributed by atoms with Crippen LogP contribution >= 0.6 is 38.9 Å². The van der Waals surface area contributed by atoms with Crippen molar-refractivity contribution in [3.05, 3.63) is 39.0 Å². The molecule has 0 fully saturated rings. The van der Waals surface area contributed by atoms with Crippen LogP contribution in [0.2, 0.25) is 0 Å². The third-order valence-electron chi connectivity index (χ3n) is 1.93. The van der Waals surface area contributed by atoms with Gasteiger partial charge in [-0.25, -0.2) is 4.98 Å². The standard InChI is InChI=1S/C9H8BrClN2S/c10-7-1-4-14-8(7)6-13-3-2-12-9(13)5-11/h1-4H,5-6H2. The van der Waals surface area contributed by atoms with Crippen molar-refractivity contribution in [2.24, 2.45) is 0 Å². The van der Waals surface area contributed by atoms with E-state index >= 15 is 0 Å². The van der Waals surface area contributed by atoms with E-state index in [4.69, 9.17) is 11.6 Å². The van der Waals surface area contributed by atoms with Gasteiger partial charge in [-0.3, -0.25) is 0 Å². The van der Waals surface area contributed by atoms with Crippen LogP contribution in [0, 0.1) is 0 Å². The molecule has 2 nitrogen and oxygen atoms in total. The van der Waals surface area contributed by atoms with Gasteiger partial charge in [0.1, 0.15) is 5.82 Å². The van der Waals surface area contributed by atoms with Crippen LogP contribution in [-0.2, 0) is 12.4 Å². The summed E-state index contributed by atoms with van der Waals surface area (Å²) in [7, 11) is 0. The molecule has 2 aromatic heterocycles. The molecule has 0 bridgehead atoms. The second-order valence-corrected chi connectivity index (χ2v) is 4.92. The topological polar surface area (TPSA) is 17.8 Å². The van der Waals surface area contributed by atoms with Crippen molar-refractivity contribution in [3.8, 4) is 0 Å². The predicted octanol–water partition coefficient (Wildman–Crippen LogP) is 3.49. The second kappa shape index (κ2) is 4.47. The Morgan fingerprint density at radius 2 is 2.43 bits per heavy atom. The Morgan fingerprint density at radius 3 is 3.07 bits per heavy atom. The number of hydrogen-bond donors (Lipinski definition) is 0. The predicted molar refractivity (Wildman–Crippen MR) is 62.9 cm³/mol. The molecule has 74 valence electrons. The molecule has 0 unspecified atom stereocenters. The fourth-order valence-corrected chi connectivity index (χ4v) is 2.91. The summed E-state index contributed by atoms with van der Waals surface area (Å²) in [5.74, 6) is 1.36. The molecule has 0 radical (unpaired) electrons. The maximum atomic E-state index is 5.76. The minimum atomic E-state index is 0.454. The number of hydrogen-bond acceptors (Lipinski definition) is 2.